The van der Waals surface area contributed by atoms with Crippen molar-refractivity contribution in [3.63, 3.8) is 0 Å². The average Bonchev–Trinajstić information content (AvgIpc) is 3.10. The van der Waals surface area contributed by atoms with Crippen molar-refractivity contribution in [1.82, 2.24) is 0 Å². The highest BCUT2D eigenvalue weighted by Gasteiger charge is 2.54. The van der Waals surface area contributed by atoms with Gasteiger partial charge in [0, 0.05) is 5.41 Å². The molecule has 4 nitrogen and oxygen atoms in total. The van der Waals surface area contributed by atoms with Crippen molar-refractivity contribution in [2.24, 2.45) is 5.41 Å². The van der Waals surface area contributed by atoms with Gasteiger partial charge in [0.1, 0.15) is 0 Å². The Morgan fingerprint density at radius 1 is 0.889 bits per heavy atom. The van der Waals surface area contributed by atoms with Crippen molar-refractivity contribution in [3.05, 3.63) is 70.8 Å². The van der Waals surface area contributed by atoms with Gasteiger partial charge in [-0.05, 0) is 61.9 Å². The summed E-state index contributed by atoms with van der Waals surface area (Å²) in [4.78, 5) is 24.0. The minimum Gasteiger partial charge on any atom is -0.393 e. The number of alkyl halides is 6. The first-order valence-corrected chi connectivity index (χ1v) is 11.5. The van der Waals surface area contributed by atoms with E-state index in [1.54, 1.807) is 0 Å². The van der Waals surface area contributed by atoms with E-state index in [1.165, 1.54) is 6.92 Å². The molecule has 1 heterocycles. The van der Waals surface area contributed by atoms with Crippen LogP contribution in [-0.4, -0.2) is 18.5 Å². The van der Waals surface area contributed by atoms with Crippen molar-refractivity contribution in [2.75, 3.05) is 6.61 Å². The molecule has 1 spiro atoms. The van der Waals surface area contributed by atoms with Gasteiger partial charge in [-0.1, -0.05) is 30.3 Å². The van der Waals surface area contributed by atoms with Crippen molar-refractivity contribution < 1.29 is 45.4 Å². The van der Waals surface area contributed by atoms with Gasteiger partial charge in [0.2, 0.25) is 0 Å². The summed E-state index contributed by atoms with van der Waals surface area (Å²) in [6.07, 6.45) is -9.40. The molecule has 2 aromatic carbocycles. The van der Waals surface area contributed by atoms with E-state index in [0.717, 1.165) is 5.56 Å². The van der Waals surface area contributed by atoms with Gasteiger partial charge in [0.05, 0.1) is 35.7 Å². The standard InChI is InChI=1S/C26H24F6O4/c1-16(17-11-19(25(27,28)29)13-20(12-17)26(30,31)32)35-15-24(18-5-3-2-4-6-18)9-7-23(8-10-24)14-21(33)36-22(23)34/h2-6,11-13,16H,7-10,14-15H2,1H3/t16-,23?,24?/m1/s1. The fourth-order valence-electron chi connectivity index (χ4n) is 5.09. The van der Waals surface area contributed by atoms with E-state index in [9.17, 15) is 35.9 Å². The van der Waals surface area contributed by atoms with Crippen LogP contribution in [0.5, 0.6) is 0 Å². The molecule has 2 aromatic rings. The van der Waals surface area contributed by atoms with Crippen molar-refractivity contribution in [2.45, 2.75) is 62.9 Å². The Morgan fingerprint density at radius 3 is 1.92 bits per heavy atom. The van der Waals surface area contributed by atoms with Gasteiger partial charge >= 0.3 is 24.3 Å². The molecule has 1 atom stereocenters. The minimum absolute atomic E-state index is 0.00157. The van der Waals surface area contributed by atoms with Gasteiger partial charge in [0.25, 0.3) is 0 Å². The third kappa shape index (κ3) is 5.14. The Morgan fingerprint density at radius 2 is 1.44 bits per heavy atom. The zero-order valence-corrected chi connectivity index (χ0v) is 19.3. The van der Waals surface area contributed by atoms with E-state index in [1.807, 2.05) is 30.3 Å². The summed E-state index contributed by atoms with van der Waals surface area (Å²) < 4.78 is 90.5. The Hall–Kier alpha value is -2.88. The first kappa shape index (κ1) is 26.2. The van der Waals surface area contributed by atoms with E-state index >= 15 is 0 Å². The van der Waals surface area contributed by atoms with E-state index in [0.29, 0.717) is 37.8 Å². The maximum Gasteiger partial charge on any atom is 0.416 e. The molecule has 0 unspecified atom stereocenters. The lowest BCUT2D eigenvalue weighted by Crippen LogP contribution is -2.42. The predicted molar refractivity (Wildman–Crippen MR) is 116 cm³/mol. The molecule has 4 rings (SSSR count). The molecular weight excluding hydrogens is 490 g/mol. The van der Waals surface area contributed by atoms with Gasteiger partial charge < -0.3 is 9.47 Å². The molecule has 1 aliphatic carbocycles. The largest absolute Gasteiger partial charge is 0.416 e. The highest BCUT2D eigenvalue weighted by atomic mass is 19.4. The number of rotatable bonds is 5. The molecule has 0 N–H and O–H groups in total. The Labute approximate surface area is 203 Å². The first-order valence-electron chi connectivity index (χ1n) is 11.5. The topological polar surface area (TPSA) is 52.6 Å². The molecule has 0 aromatic heterocycles. The Kier molecular flexibility index (Phi) is 6.70. The van der Waals surface area contributed by atoms with Crippen molar-refractivity contribution >= 4 is 11.9 Å². The van der Waals surface area contributed by atoms with Gasteiger partial charge in [0.15, 0.2) is 0 Å². The normalized spacial score (nSPS) is 25.8. The number of esters is 2. The van der Waals surface area contributed by atoms with Crippen LogP contribution in [0.1, 0.15) is 67.4 Å². The third-order valence-corrected chi connectivity index (χ3v) is 7.36. The van der Waals surface area contributed by atoms with Crippen LogP contribution in [0.3, 0.4) is 0 Å². The first-order chi connectivity index (χ1) is 16.7. The highest BCUT2D eigenvalue weighted by molar-refractivity contribution is 5.97. The zero-order valence-electron chi connectivity index (χ0n) is 19.3. The maximum atomic E-state index is 13.3. The molecule has 1 saturated heterocycles. The number of ether oxygens (including phenoxy) is 2. The fraction of sp³-hybridized carbons (Fsp3) is 0.462. The van der Waals surface area contributed by atoms with Crippen LogP contribution in [0.4, 0.5) is 26.3 Å². The SMILES string of the molecule is C[C@@H](OCC1(c2ccccc2)CCC2(CC1)CC(=O)OC2=O)c1cc(C(F)(F)F)cc(C(F)(F)F)c1. The second-order valence-corrected chi connectivity index (χ2v) is 9.66. The molecular formula is C26H24F6O4. The molecule has 0 radical (unpaired) electrons. The lowest BCUT2D eigenvalue weighted by molar-refractivity contribution is -0.156. The van der Waals surface area contributed by atoms with Gasteiger partial charge in [-0.3, -0.25) is 9.59 Å². The molecule has 2 fully saturated rings. The van der Waals surface area contributed by atoms with Crippen LogP contribution < -0.4 is 0 Å². The van der Waals surface area contributed by atoms with Gasteiger partial charge in [-0.15, -0.1) is 0 Å². The molecule has 2 aliphatic rings. The third-order valence-electron chi connectivity index (χ3n) is 7.36. The predicted octanol–water partition coefficient (Wildman–Crippen LogP) is 6.77. The average molecular weight is 514 g/mol. The minimum atomic E-state index is -4.95. The summed E-state index contributed by atoms with van der Waals surface area (Å²) in [7, 11) is 0. The molecule has 36 heavy (non-hydrogen) atoms. The Balaban J connectivity index is 1.59. The summed E-state index contributed by atoms with van der Waals surface area (Å²) in [6.45, 7) is 1.42. The Bertz CT molecular complexity index is 1100. The molecule has 194 valence electrons. The van der Waals surface area contributed by atoms with Crippen LogP contribution in [0, 0.1) is 5.41 Å². The number of carbonyl (C=O) groups is 2. The number of carbonyl (C=O) groups excluding carboxylic acids is 2. The monoisotopic (exact) mass is 514 g/mol. The van der Waals surface area contributed by atoms with Crippen LogP contribution >= 0.6 is 0 Å². The lowest BCUT2D eigenvalue weighted by atomic mass is 9.61. The van der Waals surface area contributed by atoms with Crippen molar-refractivity contribution in [1.29, 1.82) is 0 Å². The molecule has 10 heteroatoms. The van der Waals surface area contributed by atoms with Crippen LogP contribution in [0.15, 0.2) is 48.5 Å². The number of hydrogen-bond acceptors (Lipinski definition) is 4. The van der Waals surface area contributed by atoms with E-state index in [-0.39, 0.29) is 24.7 Å². The second kappa shape index (κ2) is 9.21. The molecule has 1 saturated carbocycles. The number of cyclic esters (lactones) is 2. The maximum absolute atomic E-state index is 13.3. The summed E-state index contributed by atoms with van der Waals surface area (Å²) in [5.74, 6) is -1.12. The van der Waals surface area contributed by atoms with Crippen LogP contribution in [-0.2, 0) is 36.8 Å². The van der Waals surface area contributed by atoms with Crippen LogP contribution in [0.2, 0.25) is 0 Å². The van der Waals surface area contributed by atoms with Crippen molar-refractivity contribution in [3.8, 4) is 0 Å². The van der Waals surface area contributed by atoms with E-state index in [4.69, 9.17) is 9.47 Å². The molecule has 1 aliphatic heterocycles. The quantitative estimate of drug-likeness (QED) is 0.251. The summed E-state index contributed by atoms with van der Waals surface area (Å²) in [6, 6.07) is 10.6. The molecule has 0 bridgehead atoms. The van der Waals surface area contributed by atoms with Gasteiger partial charge in [-0.25, -0.2) is 0 Å². The van der Waals surface area contributed by atoms with Gasteiger partial charge in [-0.2, -0.15) is 26.3 Å². The van der Waals surface area contributed by atoms with E-state index in [2.05, 4.69) is 0 Å². The number of halogens is 6. The smallest absolute Gasteiger partial charge is 0.393 e. The van der Waals surface area contributed by atoms with E-state index < -0.39 is 52.4 Å². The summed E-state index contributed by atoms with van der Waals surface area (Å²) in [5, 5.41) is 0. The zero-order chi connectivity index (χ0) is 26.4. The fourth-order valence-corrected chi connectivity index (χ4v) is 5.09. The number of benzene rings is 2. The summed E-state index contributed by atoms with van der Waals surface area (Å²) in [5.41, 5.74) is -3.69. The lowest BCUT2D eigenvalue weighted by Gasteiger charge is -2.43. The number of hydrogen-bond donors (Lipinski definition) is 0. The molecule has 0 amide bonds. The second-order valence-electron chi connectivity index (χ2n) is 9.66. The van der Waals surface area contributed by atoms with Crippen LogP contribution in [0.25, 0.3) is 0 Å². The summed E-state index contributed by atoms with van der Waals surface area (Å²) >= 11 is 0. The highest BCUT2D eigenvalue weighted by Crippen LogP contribution is 2.52.